The van der Waals surface area contributed by atoms with Gasteiger partial charge in [0, 0.05) is 47.6 Å². The standard InChI is InChI=1S/C16H17FN4O/c1-9(2)15-19-16(20-22-15)21-6-5-14-12(8-21)11-7-10(17)3-4-13(11)18-14/h3-4,7,9,18H,5-6,8H2,1-2H3. The van der Waals surface area contributed by atoms with Crippen LogP contribution in [0.3, 0.4) is 0 Å². The lowest BCUT2D eigenvalue weighted by molar-refractivity contribution is 0.364. The molecule has 0 spiro atoms. The van der Waals surface area contributed by atoms with Crippen molar-refractivity contribution >= 4 is 16.9 Å². The number of anilines is 1. The number of benzene rings is 1. The van der Waals surface area contributed by atoms with Crippen molar-refractivity contribution in [1.29, 1.82) is 0 Å². The highest BCUT2D eigenvalue weighted by molar-refractivity contribution is 5.85. The molecule has 0 saturated heterocycles. The second kappa shape index (κ2) is 4.83. The van der Waals surface area contributed by atoms with E-state index < -0.39 is 0 Å². The molecule has 1 aromatic carbocycles. The van der Waals surface area contributed by atoms with E-state index in [0.717, 1.165) is 29.4 Å². The summed E-state index contributed by atoms with van der Waals surface area (Å²) in [4.78, 5) is 9.91. The summed E-state index contributed by atoms with van der Waals surface area (Å²) in [7, 11) is 0. The normalized spacial score (nSPS) is 14.8. The van der Waals surface area contributed by atoms with Gasteiger partial charge in [-0.25, -0.2) is 4.39 Å². The third-order valence-electron chi connectivity index (χ3n) is 4.15. The van der Waals surface area contributed by atoms with Crippen LogP contribution in [0.2, 0.25) is 0 Å². The molecule has 0 fully saturated rings. The molecule has 5 nitrogen and oxygen atoms in total. The van der Waals surface area contributed by atoms with Crippen LogP contribution in [0.1, 0.15) is 36.9 Å². The molecule has 4 rings (SSSR count). The topological polar surface area (TPSA) is 58.0 Å². The fourth-order valence-corrected chi connectivity index (χ4v) is 2.95. The van der Waals surface area contributed by atoms with Gasteiger partial charge in [-0.3, -0.25) is 0 Å². The average molecular weight is 300 g/mol. The molecule has 0 bridgehead atoms. The molecule has 3 heterocycles. The highest BCUT2D eigenvalue weighted by atomic mass is 19.1. The molecule has 114 valence electrons. The molecule has 6 heteroatoms. The molecule has 0 aliphatic carbocycles. The summed E-state index contributed by atoms with van der Waals surface area (Å²) in [6, 6.07) is 4.86. The smallest absolute Gasteiger partial charge is 0.266 e. The number of halogens is 1. The summed E-state index contributed by atoms with van der Waals surface area (Å²) in [6.07, 6.45) is 0.858. The Bertz CT molecular complexity index is 836. The SMILES string of the molecule is CC(C)c1nc(N2CCc3[nH]c4ccc(F)cc4c3C2)no1. The van der Waals surface area contributed by atoms with Crippen molar-refractivity contribution in [2.75, 3.05) is 11.4 Å². The highest BCUT2D eigenvalue weighted by Crippen LogP contribution is 2.30. The van der Waals surface area contributed by atoms with Gasteiger partial charge in [-0.1, -0.05) is 13.8 Å². The van der Waals surface area contributed by atoms with Gasteiger partial charge in [0.1, 0.15) is 5.82 Å². The number of nitrogens with one attached hydrogen (secondary N) is 1. The zero-order chi connectivity index (χ0) is 15.3. The molecule has 1 N–H and O–H groups in total. The van der Waals surface area contributed by atoms with Crippen molar-refractivity contribution < 1.29 is 8.91 Å². The van der Waals surface area contributed by atoms with E-state index >= 15 is 0 Å². The number of hydrogen-bond donors (Lipinski definition) is 1. The fourth-order valence-electron chi connectivity index (χ4n) is 2.95. The first-order chi connectivity index (χ1) is 10.6. The van der Waals surface area contributed by atoms with Crippen molar-refractivity contribution in [2.24, 2.45) is 0 Å². The zero-order valence-electron chi connectivity index (χ0n) is 12.6. The van der Waals surface area contributed by atoms with E-state index in [1.54, 1.807) is 12.1 Å². The van der Waals surface area contributed by atoms with E-state index in [9.17, 15) is 4.39 Å². The molecule has 2 aromatic heterocycles. The van der Waals surface area contributed by atoms with E-state index in [1.165, 1.54) is 11.8 Å². The third-order valence-corrected chi connectivity index (χ3v) is 4.15. The first kappa shape index (κ1) is 13.3. The lowest BCUT2D eigenvalue weighted by Gasteiger charge is -2.25. The van der Waals surface area contributed by atoms with Gasteiger partial charge in [0.2, 0.25) is 5.89 Å². The van der Waals surface area contributed by atoms with Crippen LogP contribution in [0.4, 0.5) is 10.3 Å². The Kier molecular flexibility index (Phi) is 2.92. The predicted octanol–water partition coefficient (Wildman–Crippen LogP) is 3.38. The number of nitrogens with zero attached hydrogens (tertiary/aromatic N) is 3. The molecule has 3 aromatic rings. The first-order valence-corrected chi connectivity index (χ1v) is 7.49. The molecule has 0 amide bonds. The monoisotopic (exact) mass is 300 g/mol. The summed E-state index contributed by atoms with van der Waals surface area (Å²) in [5.41, 5.74) is 3.27. The fraction of sp³-hybridized carbons (Fsp3) is 0.375. The lowest BCUT2D eigenvalue weighted by atomic mass is 10.0. The number of rotatable bonds is 2. The van der Waals surface area contributed by atoms with E-state index in [2.05, 4.69) is 20.0 Å². The molecule has 22 heavy (non-hydrogen) atoms. The van der Waals surface area contributed by atoms with Crippen LogP contribution in [0.25, 0.3) is 10.9 Å². The molecule has 0 radical (unpaired) electrons. The van der Waals surface area contributed by atoms with Gasteiger partial charge in [-0.15, -0.1) is 0 Å². The molecule has 0 saturated carbocycles. The summed E-state index contributed by atoms with van der Waals surface area (Å²) in [5, 5.41) is 5.01. The molecule has 0 unspecified atom stereocenters. The van der Waals surface area contributed by atoms with Crippen LogP contribution in [-0.2, 0) is 13.0 Å². The van der Waals surface area contributed by atoms with E-state index in [0.29, 0.717) is 18.4 Å². The van der Waals surface area contributed by atoms with Crippen molar-refractivity contribution in [3.63, 3.8) is 0 Å². The van der Waals surface area contributed by atoms with Crippen LogP contribution < -0.4 is 4.90 Å². The Morgan fingerprint density at radius 2 is 2.23 bits per heavy atom. The van der Waals surface area contributed by atoms with Crippen molar-refractivity contribution in [1.82, 2.24) is 15.1 Å². The van der Waals surface area contributed by atoms with Crippen LogP contribution in [0.5, 0.6) is 0 Å². The Morgan fingerprint density at radius 3 is 3.00 bits per heavy atom. The van der Waals surface area contributed by atoms with Crippen LogP contribution in [0, 0.1) is 5.82 Å². The van der Waals surface area contributed by atoms with E-state index in [4.69, 9.17) is 4.52 Å². The summed E-state index contributed by atoms with van der Waals surface area (Å²) in [6.45, 7) is 5.53. The Labute approximate surface area is 127 Å². The Hall–Kier alpha value is -2.37. The van der Waals surface area contributed by atoms with Crippen molar-refractivity contribution in [2.45, 2.75) is 32.7 Å². The number of H-pyrrole nitrogens is 1. The van der Waals surface area contributed by atoms with Gasteiger partial charge in [-0.2, -0.15) is 4.98 Å². The first-order valence-electron chi connectivity index (χ1n) is 7.49. The van der Waals surface area contributed by atoms with E-state index in [-0.39, 0.29) is 11.7 Å². The maximum Gasteiger partial charge on any atom is 0.266 e. The maximum atomic E-state index is 13.5. The van der Waals surface area contributed by atoms with Gasteiger partial charge in [0.15, 0.2) is 0 Å². The number of aromatic nitrogens is 3. The summed E-state index contributed by atoms with van der Waals surface area (Å²) < 4.78 is 18.8. The van der Waals surface area contributed by atoms with Gasteiger partial charge < -0.3 is 14.4 Å². The predicted molar refractivity (Wildman–Crippen MR) is 81.4 cm³/mol. The molecule has 0 atom stereocenters. The Balaban J connectivity index is 1.70. The quantitative estimate of drug-likeness (QED) is 0.788. The number of hydrogen-bond acceptors (Lipinski definition) is 4. The molecular formula is C16H17FN4O. The minimum Gasteiger partial charge on any atom is -0.358 e. The van der Waals surface area contributed by atoms with Crippen molar-refractivity contribution in [3.05, 3.63) is 41.2 Å². The summed E-state index contributed by atoms with van der Waals surface area (Å²) >= 11 is 0. The molecule has 1 aliphatic heterocycles. The summed E-state index contributed by atoms with van der Waals surface area (Å²) in [5.74, 6) is 1.25. The minimum atomic E-state index is -0.215. The largest absolute Gasteiger partial charge is 0.358 e. The Morgan fingerprint density at radius 1 is 1.36 bits per heavy atom. The number of fused-ring (bicyclic) bond motifs is 3. The van der Waals surface area contributed by atoms with Crippen LogP contribution in [0.15, 0.2) is 22.7 Å². The van der Waals surface area contributed by atoms with Gasteiger partial charge >= 0.3 is 0 Å². The number of aromatic amines is 1. The van der Waals surface area contributed by atoms with Crippen LogP contribution >= 0.6 is 0 Å². The highest BCUT2D eigenvalue weighted by Gasteiger charge is 2.24. The van der Waals surface area contributed by atoms with Gasteiger partial charge in [0.25, 0.3) is 5.95 Å². The second-order valence-electron chi connectivity index (χ2n) is 6.03. The van der Waals surface area contributed by atoms with Crippen LogP contribution in [-0.4, -0.2) is 21.7 Å². The third kappa shape index (κ3) is 2.06. The second-order valence-corrected chi connectivity index (χ2v) is 6.03. The van der Waals surface area contributed by atoms with E-state index in [1.807, 2.05) is 13.8 Å². The van der Waals surface area contributed by atoms with Gasteiger partial charge in [0.05, 0.1) is 0 Å². The molecule has 1 aliphatic rings. The lowest BCUT2D eigenvalue weighted by Crippen LogP contribution is -2.30. The minimum absolute atomic E-state index is 0.212. The average Bonchev–Trinajstić information content (AvgIpc) is 3.11. The van der Waals surface area contributed by atoms with Gasteiger partial charge in [-0.05, 0) is 23.4 Å². The molecular weight excluding hydrogens is 283 g/mol. The van der Waals surface area contributed by atoms with Crippen molar-refractivity contribution in [3.8, 4) is 0 Å². The maximum absolute atomic E-state index is 13.5. The zero-order valence-corrected chi connectivity index (χ0v) is 12.6.